The van der Waals surface area contributed by atoms with Crippen molar-refractivity contribution >= 4 is 0 Å². The van der Waals surface area contributed by atoms with Gasteiger partial charge in [0.05, 0.1) is 13.7 Å². The smallest absolute Gasteiger partial charge is 0.122 e. The summed E-state index contributed by atoms with van der Waals surface area (Å²) >= 11 is 0. The fourth-order valence-corrected chi connectivity index (χ4v) is 2.16. The molecule has 0 aromatic heterocycles. The number of hydrogen-bond acceptors (Lipinski definition) is 3. The van der Waals surface area contributed by atoms with Gasteiger partial charge in [0.2, 0.25) is 0 Å². The molecule has 3 nitrogen and oxygen atoms in total. The first kappa shape index (κ1) is 9.49. The molecule has 2 rings (SSSR count). The normalized spacial score (nSPS) is 14.1. The number of rotatable bonds is 3. The zero-order valence-electron chi connectivity index (χ0n) is 8.38. The third-order valence-corrected chi connectivity index (χ3v) is 2.80. The van der Waals surface area contributed by atoms with Gasteiger partial charge in [0.1, 0.15) is 5.75 Å². The van der Waals surface area contributed by atoms with Gasteiger partial charge in [0, 0.05) is 0 Å². The number of nitrogens with two attached hydrogens (primary N) is 1. The highest BCUT2D eigenvalue weighted by Gasteiger charge is 2.18. The molecule has 0 bridgehead atoms. The Hall–Kier alpha value is -1.06. The standard InChI is InChI=1S/C11H15NO2/c1-13-11-6-5-8(7-14-12)9-3-2-4-10(9)11/h5-6H,2-4,7,12H2,1H3. The summed E-state index contributed by atoms with van der Waals surface area (Å²) in [7, 11) is 1.72. The van der Waals surface area contributed by atoms with Gasteiger partial charge in [-0.1, -0.05) is 6.07 Å². The lowest BCUT2D eigenvalue weighted by Crippen LogP contribution is -2.03. The van der Waals surface area contributed by atoms with Crippen molar-refractivity contribution in [3.8, 4) is 5.75 Å². The van der Waals surface area contributed by atoms with Crippen LogP contribution in [0.4, 0.5) is 0 Å². The monoisotopic (exact) mass is 193 g/mol. The van der Waals surface area contributed by atoms with E-state index in [0.717, 1.165) is 18.6 Å². The number of fused-ring (bicyclic) bond motifs is 1. The van der Waals surface area contributed by atoms with E-state index in [1.165, 1.54) is 23.1 Å². The zero-order valence-corrected chi connectivity index (χ0v) is 8.38. The highest BCUT2D eigenvalue weighted by Crippen LogP contribution is 2.33. The van der Waals surface area contributed by atoms with Crippen molar-refractivity contribution < 1.29 is 9.57 Å². The Kier molecular flexibility index (Phi) is 2.70. The summed E-state index contributed by atoms with van der Waals surface area (Å²) in [5, 5.41) is 0. The van der Waals surface area contributed by atoms with E-state index in [9.17, 15) is 0 Å². The molecule has 2 N–H and O–H groups in total. The van der Waals surface area contributed by atoms with Crippen LogP contribution in [0.15, 0.2) is 12.1 Å². The highest BCUT2D eigenvalue weighted by atomic mass is 16.6. The molecule has 0 unspecified atom stereocenters. The van der Waals surface area contributed by atoms with E-state index >= 15 is 0 Å². The van der Waals surface area contributed by atoms with Crippen LogP contribution in [0.1, 0.15) is 23.1 Å². The minimum atomic E-state index is 0.492. The molecule has 0 fully saturated rings. The Bertz CT molecular complexity index is 336. The Morgan fingerprint density at radius 3 is 2.79 bits per heavy atom. The topological polar surface area (TPSA) is 44.5 Å². The third-order valence-electron chi connectivity index (χ3n) is 2.80. The molecular formula is C11H15NO2. The summed E-state index contributed by atoms with van der Waals surface area (Å²) in [6.07, 6.45) is 3.43. The lowest BCUT2D eigenvalue weighted by molar-refractivity contribution is 0.123. The fourth-order valence-electron chi connectivity index (χ4n) is 2.16. The van der Waals surface area contributed by atoms with Gasteiger partial charge in [0.25, 0.3) is 0 Å². The largest absolute Gasteiger partial charge is 0.496 e. The summed E-state index contributed by atoms with van der Waals surface area (Å²) in [6, 6.07) is 4.04. The van der Waals surface area contributed by atoms with E-state index in [-0.39, 0.29) is 0 Å². The molecule has 0 amide bonds. The second kappa shape index (κ2) is 3.98. The van der Waals surface area contributed by atoms with Crippen molar-refractivity contribution in [2.75, 3.05) is 7.11 Å². The van der Waals surface area contributed by atoms with Crippen LogP contribution in [-0.4, -0.2) is 7.11 Å². The molecule has 0 radical (unpaired) electrons. The summed E-state index contributed by atoms with van der Waals surface area (Å²) in [5.41, 5.74) is 3.90. The molecular weight excluding hydrogens is 178 g/mol. The molecule has 0 spiro atoms. The molecule has 0 heterocycles. The van der Waals surface area contributed by atoms with Crippen molar-refractivity contribution in [1.29, 1.82) is 0 Å². The second-order valence-corrected chi connectivity index (χ2v) is 3.55. The third kappa shape index (κ3) is 1.49. The minimum absolute atomic E-state index is 0.492. The first-order valence-electron chi connectivity index (χ1n) is 4.86. The molecule has 0 aliphatic heterocycles. The molecule has 0 atom stereocenters. The van der Waals surface area contributed by atoms with E-state index in [2.05, 4.69) is 4.84 Å². The fraction of sp³-hybridized carbons (Fsp3) is 0.455. The van der Waals surface area contributed by atoms with E-state index in [1.807, 2.05) is 12.1 Å². The Morgan fingerprint density at radius 1 is 1.29 bits per heavy atom. The molecule has 0 saturated carbocycles. The lowest BCUT2D eigenvalue weighted by atomic mass is 10.0. The Balaban J connectivity index is 2.42. The first-order chi connectivity index (χ1) is 6.86. The zero-order chi connectivity index (χ0) is 9.97. The quantitative estimate of drug-likeness (QED) is 0.741. The SMILES string of the molecule is COc1ccc(CON)c2c1CCC2. The minimum Gasteiger partial charge on any atom is -0.496 e. The van der Waals surface area contributed by atoms with Crippen molar-refractivity contribution in [2.45, 2.75) is 25.9 Å². The number of ether oxygens (including phenoxy) is 1. The summed E-state index contributed by atoms with van der Waals surface area (Å²) in [4.78, 5) is 4.69. The maximum Gasteiger partial charge on any atom is 0.122 e. The molecule has 1 aliphatic carbocycles. The van der Waals surface area contributed by atoms with Crippen LogP contribution in [-0.2, 0) is 24.3 Å². The Labute approximate surface area is 83.8 Å². The molecule has 76 valence electrons. The summed E-state index contributed by atoms with van der Waals surface area (Å²) in [5.74, 6) is 6.09. The van der Waals surface area contributed by atoms with Crippen LogP contribution in [0.2, 0.25) is 0 Å². The van der Waals surface area contributed by atoms with Crippen LogP contribution in [0, 0.1) is 0 Å². The average Bonchev–Trinajstić information content (AvgIpc) is 2.67. The van der Waals surface area contributed by atoms with Gasteiger partial charge in [-0.05, 0) is 42.0 Å². The highest BCUT2D eigenvalue weighted by molar-refractivity contribution is 5.47. The number of methoxy groups -OCH3 is 1. The van der Waals surface area contributed by atoms with E-state index < -0.39 is 0 Å². The van der Waals surface area contributed by atoms with Crippen LogP contribution in [0.5, 0.6) is 5.75 Å². The van der Waals surface area contributed by atoms with Crippen molar-refractivity contribution in [3.05, 3.63) is 28.8 Å². The van der Waals surface area contributed by atoms with Crippen LogP contribution in [0.3, 0.4) is 0 Å². The first-order valence-corrected chi connectivity index (χ1v) is 4.86. The predicted molar refractivity (Wildman–Crippen MR) is 54.0 cm³/mol. The molecule has 14 heavy (non-hydrogen) atoms. The molecule has 0 saturated heterocycles. The molecule has 3 heteroatoms. The number of benzene rings is 1. The van der Waals surface area contributed by atoms with Crippen LogP contribution in [0.25, 0.3) is 0 Å². The maximum atomic E-state index is 5.32. The van der Waals surface area contributed by atoms with E-state index in [1.54, 1.807) is 7.11 Å². The second-order valence-electron chi connectivity index (χ2n) is 3.55. The van der Waals surface area contributed by atoms with Gasteiger partial charge in [0.15, 0.2) is 0 Å². The van der Waals surface area contributed by atoms with Gasteiger partial charge in [-0.25, -0.2) is 5.90 Å². The molecule has 1 aromatic carbocycles. The van der Waals surface area contributed by atoms with Crippen molar-refractivity contribution in [2.24, 2.45) is 5.90 Å². The predicted octanol–water partition coefficient (Wildman–Crippen LogP) is 1.57. The average molecular weight is 193 g/mol. The molecule has 1 aromatic rings. The van der Waals surface area contributed by atoms with Crippen LogP contribution >= 0.6 is 0 Å². The Morgan fingerprint density at radius 2 is 2.07 bits per heavy atom. The molecule has 1 aliphatic rings. The van der Waals surface area contributed by atoms with E-state index in [0.29, 0.717) is 6.61 Å². The summed E-state index contributed by atoms with van der Waals surface area (Å²) in [6.45, 7) is 0.492. The van der Waals surface area contributed by atoms with Gasteiger partial charge in [-0.2, -0.15) is 0 Å². The lowest BCUT2D eigenvalue weighted by Gasteiger charge is -2.11. The maximum absolute atomic E-state index is 5.32. The van der Waals surface area contributed by atoms with Gasteiger partial charge in [-0.15, -0.1) is 0 Å². The van der Waals surface area contributed by atoms with E-state index in [4.69, 9.17) is 10.6 Å². The van der Waals surface area contributed by atoms with Crippen molar-refractivity contribution in [1.82, 2.24) is 0 Å². The number of hydrogen-bond donors (Lipinski definition) is 1. The van der Waals surface area contributed by atoms with Gasteiger partial charge < -0.3 is 4.74 Å². The van der Waals surface area contributed by atoms with Gasteiger partial charge in [-0.3, -0.25) is 4.84 Å². The van der Waals surface area contributed by atoms with Crippen molar-refractivity contribution in [3.63, 3.8) is 0 Å². The van der Waals surface area contributed by atoms with Crippen LogP contribution < -0.4 is 10.6 Å². The van der Waals surface area contributed by atoms with Gasteiger partial charge >= 0.3 is 0 Å². The summed E-state index contributed by atoms with van der Waals surface area (Å²) < 4.78 is 5.32.